The van der Waals surface area contributed by atoms with Crippen LogP contribution in [0, 0.1) is 6.92 Å². The molecule has 4 heteroatoms. The first-order chi connectivity index (χ1) is 9.49. The fraction of sp³-hybridized carbons (Fsp3) is 0.625. The van der Waals surface area contributed by atoms with Gasteiger partial charge in [-0.05, 0) is 37.5 Å². The van der Waals surface area contributed by atoms with Crippen molar-refractivity contribution in [3.8, 4) is 0 Å². The number of benzene rings is 1. The highest BCUT2D eigenvalue weighted by molar-refractivity contribution is 6.31. The van der Waals surface area contributed by atoms with Crippen molar-refractivity contribution in [1.82, 2.24) is 4.90 Å². The van der Waals surface area contributed by atoms with Crippen molar-refractivity contribution in [2.45, 2.75) is 38.8 Å². The number of hydrogen-bond acceptors (Lipinski definition) is 3. The summed E-state index contributed by atoms with van der Waals surface area (Å²) in [5, 5.41) is 11.6. The summed E-state index contributed by atoms with van der Waals surface area (Å²) < 4.78 is 5.42. The van der Waals surface area contributed by atoms with Crippen LogP contribution < -0.4 is 0 Å². The van der Waals surface area contributed by atoms with Gasteiger partial charge in [-0.15, -0.1) is 0 Å². The molecule has 0 spiro atoms. The zero-order valence-corrected chi connectivity index (χ0v) is 13.3. The van der Waals surface area contributed by atoms with Crippen molar-refractivity contribution in [2.24, 2.45) is 0 Å². The third kappa shape index (κ3) is 3.01. The van der Waals surface area contributed by atoms with Crippen LogP contribution in [0.4, 0.5) is 0 Å². The number of halogens is 1. The lowest BCUT2D eigenvalue weighted by Crippen LogP contribution is -2.54. The molecule has 1 aromatic carbocycles. The van der Waals surface area contributed by atoms with E-state index in [0.29, 0.717) is 5.02 Å². The van der Waals surface area contributed by atoms with Gasteiger partial charge in [0.1, 0.15) is 0 Å². The van der Waals surface area contributed by atoms with Crippen molar-refractivity contribution in [1.29, 1.82) is 0 Å². The molecule has 0 aliphatic carbocycles. The van der Waals surface area contributed by atoms with E-state index in [-0.39, 0.29) is 5.54 Å². The maximum atomic E-state index is 10.9. The number of aliphatic hydroxyl groups excluding tert-OH is 1. The predicted octanol–water partition coefficient (Wildman–Crippen LogP) is 3.18. The Morgan fingerprint density at radius 2 is 2.05 bits per heavy atom. The van der Waals surface area contributed by atoms with E-state index in [1.807, 2.05) is 25.1 Å². The Labute approximate surface area is 126 Å². The molecular weight excluding hydrogens is 274 g/mol. The Balaban J connectivity index is 2.26. The quantitative estimate of drug-likeness (QED) is 0.926. The molecule has 1 aliphatic rings. The van der Waals surface area contributed by atoms with Gasteiger partial charge in [0.2, 0.25) is 0 Å². The fourth-order valence-corrected chi connectivity index (χ4v) is 2.99. The van der Waals surface area contributed by atoms with E-state index >= 15 is 0 Å². The molecule has 1 saturated heterocycles. The van der Waals surface area contributed by atoms with Gasteiger partial charge in [0, 0.05) is 23.7 Å². The first kappa shape index (κ1) is 15.8. The molecule has 2 unspecified atom stereocenters. The molecule has 20 heavy (non-hydrogen) atoms. The Morgan fingerprint density at radius 3 is 2.60 bits per heavy atom. The molecule has 1 fully saturated rings. The predicted molar refractivity (Wildman–Crippen MR) is 82.2 cm³/mol. The average molecular weight is 298 g/mol. The van der Waals surface area contributed by atoms with Gasteiger partial charge < -0.3 is 9.84 Å². The minimum atomic E-state index is -0.552. The highest BCUT2D eigenvalue weighted by Gasteiger charge is 2.38. The van der Waals surface area contributed by atoms with Gasteiger partial charge in [0.05, 0.1) is 19.3 Å². The second kappa shape index (κ2) is 6.44. The van der Waals surface area contributed by atoms with Crippen LogP contribution in [0.15, 0.2) is 18.2 Å². The highest BCUT2D eigenvalue weighted by atomic mass is 35.5. The van der Waals surface area contributed by atoms with Gasteiger partial charge >= 0.3 is 0 Å². The number of aryl methyl sites for hydroxylation is 1. The van der Waals surface area contributed by atoms with Crippen LogP contribution in [0.3, 0.4) is 0 Å². The van der Waals surface area contributed by atoms with Crippen molar-refractivity contribution in [3.63, 3.8) is 0 Å². The molecule has 0 amide bonds. The number of hydrogen-bond donors (Lipinski definition) is 1. The van der Waals surface area contributed by atoms with Crippen LogP contribution in [-0.4, -0.2) is 41.8 Å². The summed E-state index contributed by atoms with van der Waals surface area (Å²) in [6, 6.07) is 5.83. The summed E-state index contributed by atoms with van der Waals surface area (Å²) >= 11 is 6.19. The maximum Gasteiger partial charge on any atom is 0.0971 e. The van der Waals surface area contributed by atoms with E-state index in [2.05, 4.69) is 18.7 Å². The molecule has 0 saturated carbocycles. The van der Waals surface area contributed by atoms with Crippen LogP contribution in [-0.2, 0) is 4.74 Å². The van der Waals surface area contributed by atoms with Crippen molar-refractivity contribution >= 4 is 11.6 Å². The van der Waals surface area contributed by atoms with E-state index in [1.165, 1.54) is 0 Å². The lowest BCUT2D eigenvalue weighted by atomic mass is 9.84. The monoisotopic (exact) mass is 297 g/mol. The van der Waals surface area contributed by atoms with E-state index in [9.17, 15) is 5.11 Å². The van der Waals surface area contributed by atoms with E-state index in [1.54, 1.807) is 0 Å². The molecule has 0 aromatic heterocycles. The maximum absolute atomic E-state index is 10.9. The topological polar surface area (TPSA) is 32.7 Å². The zero-order valence-electron chi connectivity index (χ0n) is 12.5. The number of nitrogens with zero attached hydrogens (tertiary/aromatic N) is 1. The smallest absolute Gasteiger partial charge is 0.0971 e. The average Bonchev–Trinajstić information content (AvgIpc) is 2.49. The summed E-state index contributed by atoms with van der Waals surface area (Å²) in [5.41, 5.74) is 1.63. The lowest BCUT2D eigenvalue weighted by Gasteiger charge is -2.46. The minimum Gasteiger partial charge on any atom is -0.386 e. The summed E-state index contributed by atoms with van der Waals surface area (Å²) in [4.78, 5) is 2.33. The largest absolute Gasteiger partial charge is 0.386 e. The Hall–Kier alpha value is -0.610. The number of rotatable bonds is 4. The third-order valence-corrected chi connectivity index (χ3v) is 4.96. The molecule has 2 atom stereocenters. The Morgan fingerprint density at radius 1 is 1.40 bits per heavy atom. The standard InChI is InChI=1S/C16H24ClNO2/c1-4-16(3,18-7-9-20-10-8-18)15(19)13-6-5-12(2)14(17)11-13/h5-6,11,15,19H,4,7-10H2,1-3H3. The SMILES string of the molecule is CCC(C)(C(O)c1ccc(C)c(Cl)c1)N1CCOCC1. The number of aliphatic hydroxyl groups is 1. The highest BCUT2D eigenvalue weighted by Crippen LogP contribution is 2.36. The molecular formula is C16H24ClNO2. The fourth-order valence-electron chi connectivity index (χ4n) is 2.80. The van der Waals surface area contributed by atoms with Gasteiger partial charge in [-0.3, -0.25) is 4.90 Å². The second-order valence-electron chi connectivity index (χ2n) is 5.72. The summed E-state index contributed by atoms with van der Waals surface area (Å²) in [6.07, 6.45) is 0.323. The second-order valence-corrected chi connectivity index (χ2v) is 6.13. The van der Waals surface area contributed by atoms with E-state index in [0.717, 1.165) is 43.9 Å². The van der Waals surface area contributed by atoms with Crippen molar-refractivity contribution in [2.75, 3.05) is 26.3 Å². The summed E-state index contributed by atoms with van der Waals surface area (Å²) in [6.45, 7) is 9.40. The number of morpholine rings is 1. The molecule has 0 radical (unpaired) electrons. The van der Waals surface area contributed by atoms with Crippen LogP contribution >= 0.6 is 11.6 Å². The molecule has 1 heterocycles. The molecule has 2 rings (SSSR count). The van der Waals surface area contributed by atoms with Gasteiger partial charge in [-0.1, -0.05) is 30.7 Å². The normalized spacial score (nSPS) is 21.4. The van der Waals surface area contributed by atoms with Crippen LogP contribution in [0.5, 0.6) is 0 Å². The van der Waals surface area contributed by atoms with Gasteiger partial charge in [-0.25, -0.2) is 0 Å². The van der Waals surface area contributed by atoms with E-state index < -0.39 is 6.10 Å². The first-order valence-corrected chi connectivity index (χ1v) is 7.63. The minimum absolute atomic E-state index is 0.289. The third-order valence-electron chi connectivity index (χ3n) is 4.55. The zero-order chi connectivity index (χ0) is 14.8. The van der Waals surface area contributed by atoms with Crippen molar-refractivity contribution in [3.05, 3.63) is 34.3 Å². The number of ether oxygens (including phenoxy) is 1. The molecule has 1 N–H and O–H groups in total. The Kier molecular flexibility index (Phi) is 5.08. The molecule has 1 aliphatic heterocycles. The van der Waals surface area contributed by atoms with E-state index in [4.69, 9.17) is 16.3 Å². The first-order valence-electron chi connectivity index (χ1n) is 7.26. The summed E-state index contributed by atoms with van der Waals surface area (Å²) in [7, 11) is 0. The molecule has 112 valence electrons. The van der Waals surface area contributed by atoms with Crippen LogP contribution in [0.25, 0.3) is 0 Å². The Bertz CT molecular complexity index is 460. The van der Waals surface area contributed by atoms with Crippen molar-refractivity contribution < 1.29 is 9.84 Å². The van der Waals surface area contributed by atoms with Gasteiger partial charge in [0.15, 0.2) is 0 Å². The molecule has 3 nitrogen and oxygen atoms in total. The molecule has 1 aromatic rings. The lowest BCUT2D eigenvalue weighted by molar-refractivity contribution is -0.0734. The molecule has 0 bridgehead atoms. The van der Waals surface area contributed by atoms with Gasteiger partial charge in [0.25, 0.3) is 0 Å². The van der Waals surface area contributed by atoms with Crippen LogP contribution in [0.1, 0.15) is 37.5 Å². The van der Waals surface area contributed by atoms with Gasteiger partial charge in [-0.2, -0.15) is 0 Å². The summed E-state index contributed by atoms with van der Waals surface area (Å²) in [5.74, 6) is 0. The van der Waals surface area contributed by atoms with Crippen LogP contribution in [0.2, 0.25) is 5.02 Å².